The SMILES string of the molecule is CC(N(C)CC(C#N)c1ccccc1)C(C)(C)C. The van der Waals surface area contributed by atoms with Crippen molar-refractivity contribution >= 4 is 0 Å². The van der Waals surface area contributed by atoms with Crippen molar-refractivity contribution in [2.24, 2.45) is 5.41 Å². The van der Waals surface area contributed by atoms with Gasteiger partial charge in [0, 0.05) is 12.6 Å². The standard InChI is InChI=1S/C16H24N2/c1-13(16(2,3)4)18(5)12-15(11-17)14-9-7-6-8-10-14/h6-10,13,15H,12H2,1-5H3. The summed E-state index contributed by atoms with van der Waals surface area (Å²) in [6.45, 7) is 9.70. The summed E-state index contributed by atoms with van der Waals surface area (Å²) < 4.78 is 0. The highest BCUT2D eigenvalue weighted by atomic mass is 15.1. The second-order valence-electron chi connectivity index (χ2n) is 6.07. The average Bonchev–Trinajstić information content (AvgIpc) is 2.34. The smallest absolute Gasteiger partial charge is 0.0839 e. The van der Waals surface area contributed by atoms with E-state index >= 15 is 0 Å². The number of benzene rings is 1. The van der Waals surface area contributed by atoms with E-state index in [0.717, 1.165) is 12.1 Å². The lowest BCUT2D eigenvalue weighted by Crippen LogP contribution is -2.41. The maximum Gasteiger partial charge on any atom is 0.0839 e. The fraction of sp³-hybridized carbons (Fsp3) is 0.562. The van der Waals surface area contributed by atoms with Crippen molar-refractivity contribution in [2.75, 3.05) is 13.6 Å². The summed E-state index contributed by atoms with van der Waals surface area (Å²) in [6, 6.07) is 12.9. The molecule has 0 radical (unpaired) electrons. The van der Waals surface area contributed by atoms with Crippen LogP contribution in [0, 0.1) is 16.7 Å². The van der Waals surface area contributed by atoms with Crippen LogP contribution in [0.25, 0.3) is 0 Å². The number of hydrogen-bond acceptors (Lipinski definition) is 2. The minimum atomic E-state index is -0.0546. The maximum absolute atomic E-state index is 9.34. The minimum Gasteiger partial charge on any atom is -0.302 e. The van der Waals surface area contributed by atoms with Gasteiger partial charge < -0.3 is 4.90 Å². The quantitative estimate of drug-likeness (QED) is 0.808. The zero-order valence-electron chi connectivity index (χ0n) is 12.1. The van der Waals surface area contributed by atoms with Gasteiger partial charge in [-0.25, -0.2) is 0 Å². The summed E-state index contributed by atoms with van der Waals surface area (Å²) in [5.41, 5.74) is 1.33. The summed E-state index contributed by atoms with van der Waals surface area (Å²) in [5, 5.41) is 9.34. The van der Waals surface area contributed by atoms with Crippen LogP contribution in [0.1, 0.15) is 39.2 Å². The van der Waals surface area contributed by atoms with Crippen LogP contribution >= 0.6 is 0 Å². The number of rotatable bonds is 4. The van der Waals surface area contributed by atoms with Gasteiger partial charge in [-0.2, -0.15) is 5.26 Å². The van der Waals surface area contributed by atoms with E-state index < -0.39 is 0 Å². The predicted octanol–water partition coefficient (Wildman–Crippen LogP) is 3.66. The molecule has 2 nitrogen and oxygen atoms in total. The van der Waals surface area contributed by atoms with E-state index in [4.69, 9.17) is 0 Å². The molecule has 0 N–H and O–H groups in total. The third-order valence-corrected chi connectivity index (χ3v) is 3.74. The first-order chi connectivity index (χ1) is 8.36. The molecule has 2 unspecified atom stereocenters. The molecule has 0 aliphatic heterocycles. The van der Waals surface area contributed by atoms with Crippen molar-refractivity contribution in [3.05, 3.63) is 35.9 Å². The van der Waals surface area contributed by atoms with Crippen LogP contribution in [0.3, 0.4) is 0 Å². The van der Waals surface area contributed by atoms with Crippen molar-refractivity contribution in [1.29, 1.82) is 5.26 Å². The molecule has 0 aliphatic carbocycles. The molecular formula is C16H24N2. The van der Waals surface area contributed by atoms with Gasteiger partial charge in [-0.15, -0.1) is 0 Å². The predicted molar refractivity (Wildman–Crippen MR) is 76.3 cm³/mol. The zero-order valence-corrected chi connectivity index (χ0v) is 12.1. The second kappa shape index (κ2) is 6.02. The Kier molecular flexibility index (Phi) is 4.93. The van der Waals surface area contributed by atoms with E-state index in [-0.39, 0.29) is 11.3 Å². The molecule has 0 spiro atoms. The fourth-order valence-corrected chi connectivity index (χ4v) is 2.01. The lowest BCUT2D eigenvalue weighted by atomic mass is 9.86. The fourth-order valence-electron chi connectivity index (χ4n) is 2.01. The van der Waals surface area contributed by atoms with Gasteiger partial charge in [0.2, 0.25) is 0 Å². The molecule has 98 valence electrons. The summed E-state index contributed by atoms with van der Waals surface area (Å²) in [4.78, 5) is 2.28. The summed E-state index contributed by atoms with van der Waals surface area (Å²) in [6.07, 6.45) is 0. The highest BCUT2D eigenvalue weighted by Gasteiger charge is 2.25. The van der Waals surface area contributed by atoms with E-state index in [2.05, 4.69) is 45.7 Å². The van der Waals surface area contributed by atoms with E-state index in [1.807, 2.05) is 30.3 Å². The first-order valence-electron chi connectivity index (χ1n) is 6.51. The van der Waals surface area contributed by atoms with Crippen molar-refractivity contribution in [1.82, 2.24) is 4.90 Å². The van der Waals surface area contributed by atoms with Crippen LogP contribution in [0.4, 0.5) is 0 Å². The Morgan fingerprint density at radius 3 is 2.22 bits per heavy atom. The molecule has 0 saturated carbocycles. The van der Waals surface area contributed by atoms with Crippen LogP contribution in [0.15, 0.2) is 30.3 Å². The largest absolute Gasteiger partial charge is 0.302 e. The average molecular weight is 244 g/mol. The number of nitrogens with zero attached hydrogens (tertiary/aromatic N) is 2. The molecule has 0 bridgehead atoms. The Labute approximate surface area is 111 Å². The Morgan fingerprint density at radius 2 is 1.78 bits per heavy atom. The highest BCUT2D eigenvalue weighted by Crippen LogP contribution is 2.25. The third-order valence-electron chi connectivity index (χ3n) is 3.74. The Hall–Kier alpha value is -1.33. The minimum absolute atomic E-state index is 0.0546. The van der Waals surface area contributed by atoms with Crippen molar-refractivity contribution in [3.63, 3.8) is 0 Å². The molecule has 18 heavy (non-hydrogen) atoms. The van der Waals surface area contributed by atoms with Gasteiger partial charge in [-0.05, 0) is 24.9 Å². The monoisotopic (exact) mass is 244 g/mol. The van der Waals surface area contributed by atoms with Gasteiger partial charge >= 0.3 is 0 Å². The number of hydrogen-bond donors (Lipinski definition) is 0. The molecule has 0 amide bonds. The van der Waals surface area contributed by atoms with Gasteiger partial charge in [0.1, 0.15) is 0 Å². The number of likely N-dealkylation sites (N-methyl/N-ethyl adjacent to an activating group) is 1. The van der Waals surface area contributed by atoms with Crippen molar-refractivity contribution in [2.45, 2.75) is 39.7 Å². The Bertz CT molecular complexity index is 397. The molecular weight excluding hydrogens is 220 g/mol. The van der Waals surface area contributed by atoms with E-state index in [9.17, 15) is 5.26 Å². The Morgan fingerprint density at radius 1 is 1.22 bits per heavy atom. The molecule has 0 aromatic heterocycles. The molecule has 0 aliphatic rings. The molecule has 1 aromatic carbocycles. The van der Waals surface area contributed by atoms with Crippen LogP contribution in [0.2, 0.25) is 0 Å². The Balaban J connectivity index is 2.74. The molecule has 2 atom stereocenters. The van der Waals surface area contributed by atoms with Crippen molar-refractivity contribution < 1.29 is 0 Å². The lowest BCUT2D eigenvalue weighted by molar-refractivity contribution is 0.139. The molecule has 0 saturated heterocycles. The van der Waals surface area contributed by atoms with Crippen LogP contribution in [-0.4, -0.2) is 24.5 Å². The van der Waals surface area contributed by atoms with E-state index in [0.29, 0.717) is 6.04 Å². The van der Waals surface area contributed by atoms with Gasteiger partial charge in [0.05, 0.1) is 12.0 Å². The van der Waals surface area contributed by atoms with Crippen LogP contribution in [-0.2, 0) is 0 Å². The molecule has 0 fully saturated rings. The molecule has 0 heterocycles. The van der Waals surface area contributed by atoms with Gasteiger partial charge in [-0.3, -0.25) is 0 Å². The summed E-state index contributed by atoms with van der Waals surface area (Å²) >= 11 is 0. The van der Waals surface area contributed by atoms with E-state index in [1.54, 1.807) is 0 Å². The van der Waals surface area contributed by atoms with Gasteiger partial charge in [-0.1, -0.05) is 51.1 Å². The molecule has 1 rings (SSSR count). The molecule has 2 heteroatoms. The highest BCUT2D eigenvalue weighted by molar-refractivity contribution is 5.25. The van der Waals surface area contributed by atoms with Gasteiger partial charge in [0.25, 0.3) is 0 Å². The second-order valence-corrected chi connectivity index (χ2v) is 6.07. The van der Waals surface area contributed by atoms with E-state index in [1.165, 1.54) is 0 Å². The summed E-state index contributed by atoms with van der Waals surface area (Å²) in [5.74, 6) is -0.0546. The maximum atomic E-state index is 9.34. The zero-order chi connectivity index (χ0) is 13.8. The topological polar surface area (TPSA) is 27.0 Å². The number of nitriles is 1. The third kappa shape index (κ3) is 3.85. The summed E-state index contributed by atoms with van der Waals surface area (Å²) in [7, 11) is 2.10. The van der Waals surface area contributed by atoms with Crippen LogP contribution in [0.5, 0.6) is 0 Å². The molecule has 1 aromatic rings. The van der Waals surface area contributed by atoms with Gasteiger partial charge in [0.15, 0.2) is 0 Å². The normalized spacial score (nSPS) is 15.2. The lowest BCUT2D eigenvalue weighted by Gasteiger charge is -2.36. The first kappa shape index (κ1) is 14.7. The van der Waals surface area contributed by atoms with Crippen LogP contribution < -0.4 is 0 Å². The first-order valence-corrected chi connectivity index (χ1v) is 6.51. The van der Waals surface area contributed by atoms with Crippen molar-refractivity contribution in [3.8, 4) is 6.07 Å².